The molecule has 82 valence electrons. The Balaban J connectivity index is 2.01. The second-order valence-corrected chi connectivity index (χ2v) is 4.29. The van der Waals surface area contributed by atoms with Gasteiger partial charge in [-0.05, 0) is 26.0 Å². The molecule has 0 spiro atoms. The van der Waals surface area contributed by atoms with Crippen LogP contribution in [0, 0.1) is 6.92 Å². The van der Waals surface area contributed by atoms with Gasteiger partial charge in [0.15, 0.2) is 0 Å². The SMILES string of the molecule is Cc1cccc(CN2CCNCC2C)n1. The quantitative estimate of drug-likeness (QED) is 0.786. The molecule has 15 heavy (non-hydrogen) atoms. The van der Waals surface area contributed by atoms with Crippen molar-refractivity contribution in [3.05, 3.63) is 29.6 Å². The Morgan fingerprint density at radius 3 is 3.13 bits per heavy atom. The van der Waals surface area contributed by atoms with Gasteiger partial charge in [0.2, 0.25) is 0 Å². The molecule has 3 nitrogen and oxygen atoms in total. The van der Waals surface area contributed by atoms with Gasteiger partial charge in [-0.15, -0.1) is 0 Å². The van der Waals surface area contributed by atoms with Crippen molar-refractivity contribution in [2.45, 2.75) is 26.4 Å². The third-order valence-electron chi connectivity index (χ3n) is 2.95. The molecule has 1 N–H and O–H groups in total. The Bertz CT molecular complexity index is 324. The van der Waals surface area contributed by atoms with E-state index in [9.17, 15) is 0 Å². The van der Waals surface area contributed by atoms with E-state index in [1.54, 1.807) is 0 Å². The van der Waals surface area contributed by atoms with Crippen LogP contribution >= 0.6 is 0 Å². The van der Waals surface area contributed by atoms with Crippen molar-refractivity contribution < 1.29 is 0 Å². The molecule has 0 amide bonds. The molecule has 0 aliphatic carbocycles. The van der Waals surface area contributed by atoms with Gasteiger partial charge in [0.25, 0.3) is 0 Å². The van der Waals surface area contributed by atoms with Gasteiger partial charge in [-0.25, -0.2) is 0 Å². The number of piperazine rings is 1. The lowest BCUT2D eigenvalue weighted by Crippen LogP contribution is -2.49. The van der Waals surface area contributed by atoms with Gasteiger partial charge in [-0.3, -0.25) is 9.88 Å². The monoisotopic (exact) mass is 205 g/mol. The maximum atomic E-state index is 4.54. The zero-order valence-electron chi connectivity index (χ0n) is 9.53. The van der Waals surface area contributed by atoms with E-state index >= 15 is 0 Å². The summed E-state index contributed by atoms with van der Waals surface area (Å²) in [5.41, 5.74) is 2.29. The molecule has 3 heteroatoms. The molecule has 0 bridgehead atoms. The van der Waals surface area contributed by atoms with Crippen LogP contribution in [0.1, 0.15) is 18.3 Å². The Morgan fingerprint density at radius 2 is 2.40 bits per heavy atom. The molecule has 1 aromatic heterocycles. The summed E-state index contributed by atoms with van der Waals surface area (Å²) in [6.07, 6.45) is 0. The van der Waals surface area contributed by atoms with E-state index in [0.717, 1.165) is 31.9 Å². The van der Waals surface area contributed by atoms with E-state index in [1.807, 2.05) is 13.0 Å². The van der Waals surface area contributed by atoms with Crippen molar-refractivity contribution in [3.63, 3.8) is 0 Å². The van der Waals surface area contributed by atoms with Crippen LogP contribution in [0.25, 0.3) is 0 Å². The van der Waals surface area contributed by atoms with E-state index in [1.165, 1.54) is 5.69 Å². The summed E-state index contributed by atoms with van der Waals surface area (Å²) >= 11 is 0. The van der Waals surface area contributed by atoms with Crippen LogP contribution in [0.15, 0.2) is 18.2 Å². The number of hydrogen-bond acceptors (Lipinski definition) is 3. The lowest BCUT2D eigenvalue weighted by Gasteiger charge is -2.33. The Kier molecular flexibility index (Phi) is 3.34. The summed E-state index contributed by atoms with van der Waals surface area (Å²) < 4.78 is 0. The Hall–Kier alpha value is -0.930. The van der Waals surface area contributed by atoms with Crippen molar-refractivity contribution in [1.29, 1.82) is 0 Å². The van der Waals surface area contributed by atoms with E-state index in [-0.39, 0.29) is 0 Å². The van der Waals surface area contributed by atoms with Crippen molar-refractivity contribution in [1.82, 2.24) is 15.2 Å². The highest BCUT2D eigenvalue weighted by atomic mass is 15.2. The van der Waals surface area contributed by atoms with Gasteiger partial charge in [-0.2, -0.15) is 0 Å². The summed E-state index contributed by atoms with van der Waals surface area (Å²) in [5.74, 6) is 0. The number of pyridine rings is 1. The lowest BCUT2D eigenvalue weighted by atomic mass is 10.2. The number of aromatic nitrogens is 1. The second kappa shape index (κ2) is 4.73. The van der Waals surface area contributed by atoms with Gasteiger partial charge in [0.05, 0.1) is 5.69 Å². The fourth-order valence-corrected chi connectivity index (χ4v) is 2.01. The number of nitrogens with zero attached hydrogens (tertiary/aromatic N) is 2. The zero-order chi connectivity index (χ0) is 10.7. The average molecular weight is 205 g/mol. The molecule has 1 atom stereocenters. The van der Waals surface area contributed by atoms with Crippen LogP contribution in [-0.2, 0) is 6.54 Å². The molecule has 1 aliphatic heterocycles. The summed E-state index contributed by atoms with van der Waals surface area (Å²) in [6.45, 7) is 8.59. The molecular weight excluding hydrogens is 186 g/mol. The largest absolute Gasteiger partial charge is 0.314 e. The maximum Gasteiger partial charge on any atom is 0.0547 e. The van der Waals surface area contributed by atoms with Crippen LogP contribution in [0.2, 0.25) is 0 Å². The topological polar surface area (TPSA) is 28.2 Å². The molecule has 2 heterocycles. The van der Waals surface area contributed by atoms with Crippen molar-refractivity contribution in [2.24, 2.45) is 0 Å². The normalized spacial score (nSPS) is 22.9. The first-order valence-electron chi connectivity index (χ1n) is 5.63. The summed E-state index contributed by atoms with van der Waals surface area (Å²) in [5, 5.41) is 3.40. The van der Waals surface area contributed by atoms with Crippen molar-refractivity contribution >= 4 is 0 Å². The van der Waals surface area contributed by atoms with Gasteiger partial charge < -0.3 is 5.32 Å². The van der Waals surface area contributed by atoms with E-state index in [0.29, 0.717) is 6.04 Å². The molecule has 1 fully saturated rings. The minimum Gasteiger partial charge on any atom is -0.314 e. The van der Waals surface area contributed by atoms with Gasteiger partial charge in [-0.1, -0.05) is 6.07 Å². The molecule has 0 radical (unpaired) electrons. The number of aryl methyl sites for hydroxylation is 1. The third-order valence-corrected chi connectivity index (χ3v) is 2.95. The van der Waals surface area contributed by atoms with Crippen LogP contribution in [-0.4, -0.2) is 35.6 Å². The van der Waals surface area contributed by atoms with E-state index in [4.69, 9.17) is 0 Å². The predicted octanol–water partition coefficient (Wildman–Crippen LogP) is 1.18. The van der Waals surface area contributed by atoms with Crippen LogP contribution in [0.5, 0.6) is 0 Å². The fraction of sp³-hybridized carbons (Fsp3) is 0.583. The summed E-state index contributed by atoms with van der Waals surface area (Å²) in [6, 6.07) is 6.86. The standard InChI is InChI=1S/C12H19N3/c1-10-4-3-5-12(14-10)9-15-7-6-13-8-11(15)2/h3-5,11,13H,6-9H2,1-2H3. The number of nitrogens with one attached hydrogen (secondary N) is 1. The average Bonchev–Trinajstić information content (AvgIpc) is 2.22. The number of hydrogen-bond donors (Lipinski definition) is 1. The van der Waals surface area contributed by atoms with Crippen molar-refractivity contribution in [3.8, 4) is 0 Å². The number of rotatable bonds is 2. The lowest BCUT2D eigenvalue weighted by molar-refractivity contribution is 0.163. The molecule has 1 aromatic rings. The first-order valence-corrected chi connectivity index (χ1v) is 5.63. The van der Waals surface area contributed by atoms with Crippen LogP contribution in [0.3, 0.4) is 0 Å². The molecule has 1 unspecified atom stereocenters. The van der Waals surface area contributed by atoms with Gasteiger partial charge in [0, 0.05) is 37.9 Å². The second-order valence-electron chi connectivity index (χ2n) is 4.29. The Labute approximate surface area is 91.5 Å². The fourth-order valence-electron chi connectivity index (χ4n) is 2.01. The van der Waals surface area contributed by atoms with Crippen molar-refractivity contribution in [2.75, 3.05) is 19.6 Å². The first kappa shape index (κ1) is 10.6. The molecular formula is C12H19N3. The van der Waals surface area contributed by atoms with Gasteiger partial charge >= 0.3 is 0 Å². The van der Waals surface area contributed by atoms with Crippen LogP contribution < -0.4 is 5.32 Å². The Morgan fingerprint density at radius 1 is 1.53 bits per heavy atom. The molecule has 1 saturated heterocycles. The minimum atomic E-state index is 0.612. The van der Waals surface area contributed by atoms with E-state index in [2.05, 4.69) is 34.3 Å². The summed E-state index contributed by atoms with van der Waals surface area (Å²) in [7, 11) is 0. The maximum absolute atomic E-state index is 4.54. The first-order chi connectivity index (χ1) is 7.25. The van der Waals surface area contributed by atoms with Gasteiger partial charge in [0.1, 0.15) is 0 Å². The summed E-state index contributed by atoms with van der Waals surface area (Å²) in [4.78, 5) is 7.02. The highest BCUT2D eigenvalue weighted by molar-refractivity contribution is 5.10. The zero-order valence-corrected chi connectivity index (χ0v) is 9.53. The highest BCUT2D eigenvalue weighted by Crippen LogP contribution is 2.08. The minimum absolute atomic E-state index is 0.612. The molecule has 0 saturated carbocycles. The predicted molar refractivity (Wildman–Crippen MR) is 61.7 cm³/mol. The molecule has 1 aliphatic rings. The highest BCUT2D eigenvalue weighted by Gasteiger charge is 2.17. The van der Waals surface area contributed by atoms with E-state index < -0.39 is 0 Å². The molecule has 2 rings (SSSR count). The molecule has 0 aromatic carbocycles. The van der Waals surface area contributed by atoms with Crippen LogP contribution in [0.4, 0.5) is 0 Å². The third kappa shape index (κ3) is 2.76. The smallest absolute Gasteiger partial charge is 0.0547 e.